The summed E-state index contributed by atoms with van der Waals surface area (Å²) in [5.74, 6) is 1.32. The molecule has 0 aliphatic carbocycles. The Bertz CT molecular complexity index is 774. The van der Waals surface area contributed by atoms with Crippen molar-refractivity contribution in [3.63, 3.8) is 0 Å². The molecule has 0 unspecified atom stereocenters. The van der Waals surface area contributed by atoms with Gasteiger partial charge in [0.25, 0.3) is 0 Å². The Kier molecular flexibility index (Phi) is 3.03. The summed E-state index contributed by atoms with van der Waals surface area (Å²) in [6.07, 6.45) is 0. The second-order valence-electron chi connectivity index (χ2n) is 4.67. The smallest absolute Gasteiger partial charge is 0.212 e. The lowest BCUT2D eigenvalue weighted by Gasteiger charge is -2.05. The Balaban J connectivity index is 2.18. The van der Waals surface area contributed by atoms with Crippen LogP contribution in [0.2, 0.25) is 5.22 Å². The van der Waals surface area contributed by atoms with E-state index in [1.54, 1.807) is 12.1 Å². The van der Waals surface area contributed by atoms with E-state index in [1.807, 2.05) is 25.1 Å². The van der Waals surface area contributed by atoms with Gasteiger partial charge in [-0.05, 0) is 54.3 Å². The summed E-state index contributed by atoms with van der Waals surface area (Å²) in [5, 5.41) is 4.12. The van der Waals surface area contributed by atoms with Crippen molar-refractivity contribution in [1.82, 2.24) is 5.16 Å². The van der Waals surface area contributed by atoms with E-state index in [0.717, 1.165) is 11.1 Å². The molecule has 0 saturated heterocycles. The molecule has 0 atom stereocenters. The van der Waals surface area contributed by atoms with Crippen LogP contribution >= 0.6 is 11.6 Å². The monoisotopic (exact) mass is 288 g/mol. The number of aryl methyl sites for hydroxylation is 2. The highest BCUT2D eigenvalue weighted by molar-refractivity contribution is 6.29. The molecule has 3 aromatic rings. The summed E-state index contributed by atoms with van der Waals surface area (Å²) in [4.78, 5) is 0. The minimum atomic E-state index is 0.293. The number of aromatic nitrogens is 1. The maximum absolute atomic E-state index is 5.93. The zero-order chi connectivity index (χ0) is 14.3. The second-order valence-corrected chi connectivity index (χ2v) is 5.05. The maximum atomic E-state index is 5.93. The summed E-state index contributed by atoms with van der Waals surface area (Å²) in [6.45, 7) is 4.11. The van der Waals surface area contributed by atoms with Gasteiger partial charge in [0, 0.05) is 0 Å². The van der Waals surface area contributed by atoms with Crippen molar-refractivity contribution in [2.24, 2.45) is 0 Å². The van der Waals surface area contributed by atoms with Gasteiger partial charge >= 0.3 is 0 Å². The SMILES string of the molecule is Cc1ccc(-c2c(N)noc2-c2ccc(Cl)o2)cc1C. The van der Waals surface area contributed by atoms with Crippen LogP contribution in [0.1, 0.15) is 11.1 Å². The zero-order valence-corrected chi connectivity index (χ0v) is 11.9. The summed E-state index contributed by atoms with van der Waals surface area (Å²) < 4.78 is 10.7. The number of anilines is 1. The Morgan fingerprint density at radius 3 is 2.55 bits per heavy atom. The molecule has 2 aromatic heterocycles. The zero-order valence-electron chi connectivity index (χ0n) is 11.1. The van der Waals surface area contributed by atoms with E-state index in [0.29, 0.717) is 22.6 Å². The third kappa shape index (κ3) is 2.08. The van der Waals surface area contributed by atoms with Crippen LogP contribution in [0.4, 0.5) is 5.82 Å². The minimum absolute atomic E-state index is 0.293. The van der Waals surface area contributed by atoms with Crippen LogP contribution in [0.25, 0.3) is 22.6 Å². The van der Waals surface area contributed by atoms with Crippen LogP contribution in [-0.4, -0.2) is 5.16 Å². The first-order chi connectivity index (χ1) is 9.56. The van der Waals surface area contributed by atoms with Gasteiger partial charge in [0.05, 0.1) is 5.56 Å². The summed E-state index contributed by atoms with van der Waals surface area (Å²) in [6, 6.07) is 9.45. The molecule has 5 heteroatoms. The number of furan rings is 1. The fourth-order valence-corrected chi connectivity index (χ4v) is 2.23. The average Bonchev–Trinajstić information content (AvgIpc) is 2.99. The lowest BCUT2D eigenvalue weighted by Crippen LogP contribution is -1.90. The molecule has 0 aliphatic heterocycles. The van der Waals surface area contributed by atoms with Gasteiger partial charge < -0.3 is 14.7 Å². The highest BCUT2D eigenvalue weighted by Crippen LogP contribution is 2.38. The van der Waals surface area contributed by atoms with Crippen molar-refractivity contribution in [3.8, 4) is 22.6 Å². The summed E-state index contributed by atoms with van der Waals surface area (Å²) in [5.41, 5.74) is 9.97. The molecule has 0 amide bonds. The first-order valence-corrected chi connectivity index (χ1v) is 6.52. The Morgan fingerprint density at radius 2 is 1.90 bits per heavy atom. The van der Waals surface area contributed by atoms with E-state index in [9.17, 15) is 0 Å². The lowest BCUT2D eigenvalue weighted by molar-refractivity contribution is 0.421. The Morgan fingerprint density at radius 1 is 1.10 bits per heavy atom. The standard InChI is InChI=1S/C15H13ClN2O2/c1-8-3-4-10(7-9(8)2)13-14(20-18-15(13)17)11-5-6-12(16)19-11/h3-7H,1-2H3,(H2,17,18). The molecular formula is C15H13ClN2O2. The number of halogens is 1. The molecular weight excluding hydrogens is 276 g/mol. The molecule has 3 rings (SSSR count). The van der Waals surface area contributed by atoms with Gasteiger partial charge in [-0.15, -0.1) is 0 Å². The van der Waals surface area contributed by atoms with Crippen molar-refractivity contribution >= 4 is 17.4 Å². The van der Waals surface area contributed by atoms with Gasteiger partial charge in [-0.3, -0.25) is 0 Å². The molecule has 0 fully saturated rings. The minimum Gasteiger partial charge on any atom is -0.441 e. The van der Waals surface area contributed by atoms with E-state index in [2.05, 4.69) is 12.1 Å². The third-order valence-corrected chi connectivity index (χ3v) is 3.51. The molecule has 0 saturated carbocycles. The molecule has 0 spiro atoms. The molecule has 0 bridgehead atoms. The predicted octanol–water partition coefficient (Wildman–Crippen LogP) is 4.45. The highest BCUT2D eigenvalue weighted by Gasteiger charge is 2.20. The van der Waals surface area contributed by atoms with Gasteiger partial charge in [-0.25, -0.2) is 0 Å². The number of hydrogen-bond acceptors (Lipinski definition) is 4. The quantitative estimate of drug-likeness (QED) is 0.756. The number of benzene rings is 1. The fourth-order valence-electron chi connectivity index (χ4n) is 2.08. The van der Waals surface area contributed by atoms with Crippen molar-refractivity contribution < 1.29 is 8.94 Å². The molecule has 2 N–H and O–H groups in total. The molecule has 20 heavy (non-hydrogen) atoms. The molecule has 0 radical (unpaired) electrons. The van der Waals surface area contributed by atoms with Gasteiger partial charge in [-0.1, -0.05) is 23.4 Å². The Hall–Kier alpha value is -2.20. The van der Waals surface area contributed by atoms with Crippen molar-refractivity contribution in [2.75, 3.05) is 5.73 Å². The van der Waals surface area contributed by atoms with Crippen LogP contribution in [-0.2, 0) is 0 Å². The molecule has 0 aliphatic rings. The topological polar surface area (TPSA) is 65.2 Å². The summed E-state index contributed by atoms with van der Waals surface area (Å²) in [7, 11) is 0. The number of nitrogens with two attached hydrogens (primary N) is 1. The van der Waals surface area contributed by atoms with Crippen LogP contribution in [0.3, 0.4) is 0 Å². The average molecular weight is 289 g/mol. The second kappa shape index (κ2) is 4.72. The number of nitrogens with zero attached hydrogens (tertiary/aromatic N) is 1. The van der Waals surface area contributed by atoms with Crippen LogP contribution in [0.5, 0.6) is 0 Å². The molecule has 1 aromatic carbocycles. The van der Waals surface area contributed by atoms with E-state index >= 15 is 0 Å². The summed E-state index contributed by atoms with van der Waals surface area (Å²) >= 11 is 5.80. The van der Waals surface area contributed by atoms with Crippen molar-refractivity contribution in [1.29, 1.82) is 0 Å². The van der Waals surface area contributed by atoms with E-state index < -0.39 is 0 Å². The third-order valence-electron chi connectivity index (χ3n) is 3.31. The lowest BCUT2D eigenvalue weighted by atomic mass is 10.00. The first kappa shape index (κ1) is 12.8. The molecule has 2 heterocycles. The number of hydrogen-bond donors (Lipinski definition) is 1. The van der Waals surface area contributed by atoms with Crippen LogP contribution < -0.4 is 5.73 Å². The van der Waals surface area contributed by atoms with E-state index in [-0.39, 0.29) is 0 Å². The van der Waals surface area contributed by atoms with Crippen LogP contribution in [0.15, 0.2) is 39.3 Å². The first-order valence-electron chi connectivity index (χ1n) is 6.14. The number of rotatable bonds is 2. The largest absolute Gasteiger partial charge is 0.441 e. The van der Waals surface area contributed by atoms with Gasteiger partial charge in [0.15, 0.2) is 16.8 Å². The molecule has 4 nitrogen and oxygen atoms in total. The fraction of sp³-hybridized carbons (Fsp3) is 0.133. The molecule has 102 valence electrons. The van der Waals surface area contributed by atoms with Gasteiger partial charge in [-0.2, -0.15) is 0 Å². The Labute approximate surface area is 121 Å². The number of nitrogen functional groups attached to an aromatic ring is 1. The predicted molar refractivity (Wildman–Crippen MR) is 78.5 cm³/mol. The maximum Gasteiger partial charge on any atom is 0.212 e. The normalized spacial score (nSPS) is 10.9. The highest BCUT2D eigenvalue weighted by atomic mass is 35.5. The van der Waals surface area contributed by atoms with Crippen molar-refractivity contribution in [2.45, 2.75) is 13.8 Å². The van der Waals surface area contributed by atoms with Crippen LogP contribution in [0, 0.1) is 13.8 Å². The van der Waals surface area contributed by atoms with Gasteiger partial charge in [0.2, 0.25) is 5.76 Å². The van der Waals surface area contributed by atoms with Crippen molar-refractivity contribution in [3.05, 3.63) is 46.7 Å². The van der Waals surface area contributed by atoms with E-state index in [4.69, 9.17) is 26.3 Å². The van der Waals surface area contributed by atoms with Gasteiger partial charge in [0.1, 0.15) is 0 Å². The van der Waals surface area contributed by atoms with E-state index in [1.165, 1.54) is 11.1 Å².